The van der Waals surface area contributed by atoms with Gasteiger partial charge >= 0.3 is 12.0 Å². The van der Waals surface area contributed by atoms with Crippen molar-refractivity contribution in [1.29, 1.82) is 0 Å². The van der Waals surface area contributed by atoms with E-state index < -0.39 is 18.0 Å². The predicted octanol–water partition coefficient (Wildman–Crippen LogP) is 1.39. The number of nitrogens with one attached hydrogen (secondary N) is 1. The molecule has 16 heavy (non-hydrogen) atoms. The van der Waals surface area contributed by atoms with Crippen LogP contribution in [0.25, 0.3) is 0 Å². The fourth-order valence-corrected chi connectivity index (χ4v) is 1.59. The molecular weight excluding hydrogens is 230 g/mol. The lowest BCUT2D eigenvalue weighted by atomic mass is 10.3. The highest BCUT2D eigenvalue weighted by Crippen LogP contribution is 2.17. The molecule has 1 aromatic rings. The lowest BCUT2D eigenvalue weighted by molar-refractivity contribution is -0.141. The molecule has 6 nitrogen and oxygen atoms in total. The number of carboxylic acids is 1. The summed E-state index contributed by atoms with van der Waals surface area (Å²) in [5.41, 5.74) is 0. The first kappa shape index (κ1) is 12.4. The van der Waals surface area contributed by atoms with Crippen molar-refractivity contribution in [2.24, 2.45) is 0 Å². The molecule has 2 N–H and O–H groups in total. The third kappa shape index (κ3) is 2.93. The lowest BCUT2D eigenvalue weighted by Gasteiger charge is -2.20. The minimum atomic E-state index is -1.05. The van der Waals surface area contributed by atoms with Gasteiger partial charge in [0.1, 0.15) is 6.04 Å². The number of carbonyl (C=O) groups excluding carboxylic acids is 1. The summed E-state index contributed by atoms with van der Waals surface area (Å²) in [7, 11) is 1.43. The van der Waals surface area contributed by atoms with E-state index in [0.29, 0.717) is 5.13 Å². The van der Waals surface area contributed by atoms with Gasteiger partial charge in [0.15, 0.2) is 5.13 Å². The zero-order valence-electron chi connectivity index (χ0n) is 9.22. The third-order valence-corrected chi connectivity index (χ3v) is 2.92. The summed E-state index contributed by atoms with van der Waals surface area (Å²) < 4.78 is 0. The van der Waals surface area contributed by atoms with Crippen LogP contribution in [0.2, 0.25) is 0 Å². The highest BCUT2D eigenvalue weighted by molar-refractivity contribution is 7.15. The summed E-state index contributed by atoms with van der Waals surface area (Å²) in [5.74, 6) is -1.05. The van der Waals surface area contributed by atoms with Crippen LogP contribution in [0.1, 0.15) is 11.8 Å². The van der Waals surface area contributed by atoms with Crippen molar-refractivity contribution in [1.82, 2.24) is 9.88 Å². The zero-order valence-corrected chi connectivity index (χ0v) is 10.0. The number of rotatable bonds is 3. The minimum Gasteiger partial charge on any atom is -0.480 e. The minimum absolute atomic E-state index is 0.465. The number of aryl methyl sites for hydroxylation is 1. The van der Waals surface area contributed by atoms with Gasteiger partial charge < -0.3 is 10.0 Å². The Morgan fingerprint density at radius 1 is 1.62 bits per heavy atom. The third-order valence-electron chi connectivity index (χ3n) is 2.09. The van der Waals surface area contributed by atoms with E-state index in [1.807, 2.05) is 6.92 Å². The molecule has 0 saturated carbocycles. The fraction of sp³-hybridized carbons (Fsp3) is 0.444. The van der Waals surface area contributed by atoms with Gasteiger partial charge in [-0.05, 0) is 13.8 Å². The van der Waals surface area contributed by atoms with Gasteiger partial charge in [-0.15, -0.1) is 11.3 Å². The predicted molar refractivity (Wildman–Crippen MR) is 60.7 cm³/mol. The zero-order chi connectivity index (χ0) is 12.3. The van der Waals surface area contributed by atoms with Crippen molar-refractivity contribution in [3.8, 4) is 0 Å². The number of hydrogen-bond donors (Lipinski definition) is 2. The molecule has 1 heterocycles. The molecule has 2 amide bonds. The first-order chi connectivity index (χ1) is 7.41. The second-order valence-electron chi connectivity index (χ2n) is 3.33. The Morgan fingerprint density at radius 3 is 2.69 bits per heavy atom. The topological polar surface area (TPSA) is 82.5 Å². The molecule has 0 spiro atoms. The average Bonchev–Trinajstić information content (AvgIpc) is 2.61. The number of likely N-dealkylation sites (N-methyl/N-ethyl adjacent to an activating group) is 1. The molecular formula is C9H13N3O3S. The molecule has 1 aromatic heterocycles. The smallest absolute Gasteiger partial charge is 0.326 e. The molecule has 1 rings (SSSR count). The van der Waals surface area contributed by atoms with Gasteiger partial charge in [0.05, 0.1) is 0 Å². The maximum Gasteiger partial charge on any atom is 0.326 e. The number of amides is 2. The van der Waals surface area contributed by atoms with Crippen LogP contribution < -0.4 is 5.32 Å². The van der Waals surface area contributed by atoms with Crippen LogP contribution in [0, 0.1) is 6.92 Å². The number of urea groups is 1. The van der Waals surface area contributed by atoms with E-state index in [4.69, 9.17) is 5.11 Å². The molecule has 0 fully saturated rings. The van der Waals surface area contributed by atoms with Gasteiger partial charge in [-0.3, -0.25) is 5.32 Å². The van der Waals surface area contributed by atoms with Crippen molar-refractivity contribution in [3.63, 3.8) is 0 Å². The molecule has 1 unspecified atom stereocenters. The summed E-state index contributed by atoms with van der Waals surface area (Å²) in [6, 6.07) is -1.36. The van der Waals surface area contributed by atoms with Crippen LogP contribution in [-0.4, -0.2) is 40.1 Å². The van der Waals surface area contributed by atoms with Crippen molar-refractivity contribution in [3.05, 3.63) is 11.1 Å². The van der Waals surface area contributed by atoms with Crippen LogP contribution in [-0.2, 0) is 4.79 Å². The Balaban J connectivity index is 2.62. The van der Waals surface area contributed by atoms with Gasteiger partial charge in [-0.1, -0.05) is 0 Å². The summed E-state index contributed by atoms with van der Waals surface area (Å²) in [6.45, 7) is 3.31. The first-order valence-electron chi connectivity index (χ1n) is 4.61. The Morgan fingerprint density at radius 2 is 2.25 bits per heavy atom. The number of anilines is 1. The van der Waals surface area contributed by atoms with Crippen LogP contribution in [0.4, 0.5) is 9.93 Å². The largest absolute Gasteiger partial charge is 0.480 e. The highest BCUT2D eigenvalue weighted by atomic mass is 32.1. The number of nitrogens with zero attached hydrogens (tertiary/aromatic N) is 2. The molecule has 1 atom stereocenters. The van der Waals surface area contributed by atoms with Gasteiger partial charge in [-0.2, -0.15) is 0 Å². The molecule has 0 aliphatic heterocycles. The van der Waals surface area contributed by atoms with Crippen LogP contribution in [0.5, 0.6) is 0 Å². The first-order valence-corrected chi connectivity index (χ1v) is 5.42. The SMILES string of the molecule is Cc1cnc(NC(=O)N(C)C(C)C(=O)O)s1. The number of aliphatic carboxylic acids is 1. The highest BCUT2D eigenvalue weighted by Gasteiger charge is 2.22. The Kier molecular flexibility index (Phi) is 3.83. The standard InChI is InChI=1S/C9H13N3O3S/c1-5-4-10-8(16-5)11-9(15)12(3)6(2)7(13)14/h4,6H,1-3H3,(H,13,14)(H,10,11,15). The fourth-order valence-electron chi connectivity index (χ4n) is 0.934. The van der Waals surface area contributed by atoms with E-state index >= 15 is 0 Å². The van der Waals surface area contributed by atoms with Gasteiger partial charge in [-0.25, -0.2) is 14.6 Å². The van der Waals surface area contributed by atoms with Crippen molar-refractivity contribution in [2.45, 2.75) is 19.9 Å². The monoisotopic (exact) mass is 243 g/mol. The Bertz CT molecular complexity index is 404. The summed E-state index contributed by atoms with van der Waals surface area (Å²) in [5, 5.41) is 11.7. The quantitative estimate of drug-likeness (QED) is 0.840. The molecule has 7 heteroatoms. The second kappa shape index (κ2) is 4.93. The molecule has 0 saturated heterocycles. The Labute approximate surface area is 96.9 Å². The van der Waals surface area contributed by atoms with E-state index in [9.17, 15) is 9.59 Å². The molecule has 0 aliphatic carbocycles. The average molecular weight is 243 g/mol. The molecule has 0 radical (unpaired) electrons. The number of hydrogen-bond acceptors (Lipinski definition) is 4. The number of aromatic nitrogens is 1. The van der Waals surface area contributed by atoms with E-state index in [1.54, 1.807) is 6.20 Å². The van der Waals surface area contributed by atoms with E-state index in [0.717, 1.165) is 9.78 Å². The van der Waals surface area contributed by atoms with Crippen LogP contribution >= 0.6 is 11.3 Å². The van der Waals surface area contributed by atoms with Crippen LogP contribution in [0.15, 0.2) is 6.20 Å². The molecule has 88 valence electrons. The van der Waals surface area contributed by atoms with Crippen LogP contribution in [0.3, 0.4) is 0 Å². The van der Waals surface area contributed by atoms with E-state index in [-0.39, 0.29) is 0 Å². The molecule has 0 bridgehead atoms. The van der Waals surface area contributed by atoms with Gasteiger partial charge in [0, 0.05) is 18.1 Å². The van der Waals surface area contributed by atoms with Gasteiger partial charge in [0.2, 0.25) is 0 Å². The molecule has 0 aromatic carbocycles. The van der Waals surface area contributed by atoms with Crippen molar-refractivity contribution < 1.29 is 14.7 Å². The summed E-state index contributed by atoms with van der Waals surface area (Å²) >= 11 is 1.34. The summed E-state index contributed by atoms with van der Waals surface area (Å²) in [4.78, 5) is 28.3. The van der Waals surface area contributed by atoms with Gasteiger partial charge in [0.25, 0.3) is 0 Å². The lowest BCUT2D eigenvalue weighted by Crippen LogP contribution is -2.42. The summed E-state index contributed by atoms with van der Waals surface area (Å²) in [6.07, 6.45) is 1.64. The number of carboxylic acid groups (broad SMARTS) is 1. The Hall–Kier alpha value is -1.63. The number of thiazole rings is 1. The van der Waals surface area contributed by atoms with Crippen molar-refractivity contribution in [2.75, 3.05) is 12.4 Å². The molecule has 0 aliphatic rings. The number of carbonyl (C=O) groups is 2. The maximum absolute atomic E-state index is 11.6. The second-order valence-corrected chi connectivity index (χ2v) is 4.57. The van der Waals surface area contributed by atoms with E-state index in [1.165, 1.54) is 25.3 Å². The maximum atomic E-state index is 11.6. The van der Waals surface area contributed by atoms with Crippen molar-refractivity contribution >= 4 is 28.5 Å². The normalized spacial score (nSPS) is 11.9. The van der Waals surface area contributed by atoms with E-state index in [2.05, 4.69) is 10.3 Å².